The molecule has 8 heteroatoms. The highest BCUT2D eigenvalue weighted by atomic mass is 16.6. The molecule has 0 radical (unpaired) electrons. The number of aromatic nitrogens is 2. The zero-order valence-electron chi connectivity index (χ0n) is 16.7. The van der Waals surface area contributed by atoms with E-state index in [0.717, 1.165) is 5.56 Å². The monoisotopic (exact) mass is 392 g/mol. The molecule has 2 aromatic carbocycles. The van der Waals surface area contributed by atoms with Crippen molar-refractivity contribution in [1.29, 1.82) is 0 Å². The van der Waals surface area contributed by atoms with Gasteiger partial charge in [-0.15, -0.1) is 0 Å². The molecule has 29 heavy (non-hydrogen) atoms. The summed E-state index contributed by atoms with van der Waals surface area (Å²) in [5.41, 5.74) is 16.3. The maximum Gasteiger partial charge on any atom is 0.293 e. The van der Waals surface area contributed by atoms with Crippen molar-refractivity contribution in [3.05, 3.63) is 69.4 Å². The van der Waals surface area contributed by atoms with Gasteiger partial charge in [0.2, 0.25) is 5.95 Å². The average molecular weight is 392 g/mol. The summed E-state index contributed by atoms with van der Waals surface area (Å²) in [6.07, 6.45) is 0.579. The van der Waals surface area contributed by atoms with Gasteiger partial charge in [-0.2, -0.15) is 4.98 Å². The van der Waals surface area contributed by atoms with Crippen LogP contribution >= 0.6 is 0 Å². The quantitative estimate of drug-likeness (QED) is 0.484. The van der Waals surface area contributed by atoms with Gasteiger partial charge in [0, 0.05) is 25.2 Å². The van der Waals surface area contributed by atoms with Crippen molar-refractivity contribution in [2.75, 3.05) is 23.4 Å². The summed E-state index contributed by atoms with van der Waals surface area (Å²) in [5.74, 6) is 0.302. The van der Waals surface area contributed by atoms with E-state index in [9.17, 15) is 10.1 Å². The number of hydrogen-bond acceptors (Lipinski definition) is 7. The normalized spacial score (nSPS) is 10.7. The number of anilines is 3. The van der Waals surface area contributed by atoms with Gasteiger partial charge in [0.05, 0.1) is 10.6 Å². The van der Waals surface area contributed by atoms with E-state index in [1.54, 1.807) is 12.1 Å². The number of nitrogens with zero attached hydrogens (tertiary/aromatic N) is 4. The molecule has 0 saturated heterocycles. The van der Waals surface area contributed by atoms with E-state index in [0.29, 0.717) is 35.5 Å². The molecule has 0 spiro atoms. The molecular weight excluding hydrogens is 368 g/mol. The fourth-order valence-electron chi connectivity index (χ4n) is 3.32. The maximum absolute atomic E-state index is 11.8. The van der Waals surface area contributed by atoms with E-state index in [2.05, 4.69) is 9.97 Å². The molecule has 0 saturated carbocycles. The molecule has 3 rings (SSSR count). The number of hydrogen-bond donors (Lipinski definition) is 2. The predicted molar refractivity (Wildman–Crippen MR) is 116 cm³/mol. The standard InChI is InChI=1S/C21H24N6O2/c1-4-16-19(20(22)25-21(23)24-16)15-9-10-17(18(11-15)27(28)29)26(3)12-14-7-5-13(2)6-8-14/h5-11H,4,12H2,1-3H3,(H4,22,23,24,25). The Hall–Kier alpha value is -3.68. The van der Waals surface area contributed by atoms with E-state index in [1.807, 2.05) is 50.1 Å². The molecule has 8 nitrogen and oxygen atoms in total. The highest BCUT2D eigenvalue weighted by Gasteiger charge is 2.21. The Labute approximate surface area is 169 Å². The van der Waals surface area contributed by atoms with Crippen LogP contribution in [0.15, 0.2) is 42.5 Å². The highest BCUT2D eigenvalue weighted by Crippen LogP contribution is 2.36. The molecule has 0 aliphatic rings. The van der Waals surface area contributed by atoms with Gasteiger partial charge in [-0.25, -0.2) is 4.98 Å². The summed E-state index contributed by atoms with van der Waals surface area (Å²) in [4.78, 5) is 21.5. The van der Waals surface area contributed by atoms with Crippen LogP contribution in [0.25, 0.3) is 11.1 Å². The first kappa shape index (κ1) is 20.1. The highest BCUT2D eigenvalue weighted by molar-refractivity contribution is 5.81. The molecule has 4 N–H and O–H groups in total. The molecular formula is C21H24N6O2. The topological polar surface area (TPSA) is 124 Å². The summed E-state index contributed by atoms with van der Waals surface area (Å²) in [5, 5.41) is 11.8. The zero-order chi connectivity index (χ0) is 21.1. The molecule has 0 fully saturated rings. The van der Waals surface area contributed by atoms with E-state index >= 15 is 0 Å². The second kappa shape index (κ2) is 8.14. The fraction of sp³-hybridized carbons (Fsp3) is 0.238. The fourth-order valence-corrected chi connectivity index (χ4v) is 3.32. The number of nitrogens with two attached hydrogens (primary N) is 2. The minimum Gasteiger partial charge on any atom is -0.383 e. The Morgan fingerprint density at radius 2 is 1.79 bits per heavy atom. The van der Waals surface area contributed by atoms with E-state index in [-0.39, 0.29) is 22.4 Å². The molecule has 3 aromatic rings. The van der Waals surface area contributed by atoms with Gasteiger partial charge in [0.1, 0.15) is 11.5 Å². The molecule has 0 bridgehead atoms. The number of aryl methyl sites for hydroxylation is 2. The number of rotatable bonds is 6. The minimum atomic E-state index is -0.384. The smallest absolute Gasteiger partial charge is 0.293 e. The third-order valence-electron chi connectivity index (χ3n) is 4.78. The summed E-state index contributed by atoms with van der Waals surface area (Å²) in [6.45, 7) is 4.49. The lowest BCUT2D eigenvalue weighted by Gasteiger charge is -2.20. The Morgan fingerprint density at radius 3 is 2.41 bits per heavy atom. The van der Waals surface area contributed by atoms with Crippen LogP contribution in [0.4, 0.5) is 23.1 Å². The lowest BCUT2D eigenvalue weighted by molar-refractivity contribution is -0.384. The van der Waals surface area contributed by atoms with Gasteiger partial charge in [-0.1, -0.05) is 42.8 Å². The maximum atomic E-state index is 11.8. The van der Waals surface area contributed by atoms with Crippen molar-refractivity contribution in [2.45, 2.75) is 26.8 Å². The van der Waals surface area contributed by atoms with Crippen LogP contribution in [-0.4, -0.2) is 21.9 Å². The first-order valence-corrected chi connectivity index (χ1v) is 9.27. The Balaban J connectivity index is 2.02. The first-order valence-electron chi connectivity index (χ1n) is 9.27. The van der Waals surface area contributed by atoms with Crippen molar-refractivity contribution in [3.8, 4) is 11.1 Å². The molecule has 1 heterocycles. The molecule has 0 aliphatic heterocycles. The number of nitro benzene ring substituents is 1. The van der Waals surface area contributed by atoms with Crippen LogP contribution in [0.2, 0.25) is 0 Å². The van der Waals surface area contributed by atoms with Gasteiger partial charge in [-0.3, -0.25) is 10.1 Å². The van der Waals surface area contributed by atoms with Gasteiger partial charge in [-0.05, 0) is 30.5 Å². The minimum absolute atomic E-state index is 0.00427. The van der Waals surface area contributed by atoms with Crippen LogP contribution in [-0.2, 0) is 13.0 Å². The van der Waals surface area contributed by atoms with Gasteiger partial charge < -0.3 is 16.4 Å². The van der Waals surface area contributed by atoms with E-state index in [4.69, 9.17) is 11.5 Å². The molecule has 0 atom stereocenters. The van der Waals surface area contributed by atoms with Crippen molar-refractivity contribution >= 4 is 23.1 Å². The molecule has 150 valence electrons. The predicted octanol–water partition coefficient (Wildman–Crippen LogP) is 3.72. The second-order valence-electron chi connectivity index (χ2n) is 6.94. The number of nitro groups is 1. The van der Waals surface area contributed by atoms with Crippen molar-refractivity contribution in [2.24, 2.45) is 0 Å². The second-order valence-corrected chi connectivity index (χ2v) is 6.94. The summed E-state index contributed by atoms with van der Waals surface area (Å²) >= 11 is 0. The van der Waals surface area contributed by atoms with Gasteiger partial charge in [0.25, 0.3) is 5.69 Å². The van der Waals surface area contributed by atoms with Crippen LogP contribution < -0.4 is 16.4 Å². The Morgan fingerprint density at radius 1 is 1.10 bits per heavy atom. The number of nitrogen functional groups attached to an aromatic ring is 2. The zero-order valence-corrected chi connectivity index (χ0v) is 16.7. The molecule has 1 aromatic heterocycles. The molecule has 0 amide bonds. The van der Waals surface area contributed by atoms with E-state index in [1.165, 1.54) is 11.6 Å². The number of benzene rings is 2. The van der Waals surface area contributed by atoms with Crippen molar-refractivity contribution < 1.29 is 4.92 Å². The van der Waals surface area contributed by atoms with Crippen molar-refractivity contribution in [1.82, 2.24) is 9.97 Å². The SMILES string of the molecule is CCc1nc(N)nc(N)c1-c1ccc(N(C)Cc2ccc(C)cc2)c([N+](=O)[O-])c1. The summed E-state index contributed by atoms with van der Waals surface area (Å²) in [6, 6.07) is 13.1. The summed E-state index contributed by atoms with van der Waals surface area (Å²) in [7, 11) is 1.83. The Bertz CT molecular complexity index is 1050. The van der Waals surface area contributed by atoms with Crippen LogP contribution in [0.1, 0.15) is 23.7 Å². The van der Waals surface area contributed by atoms with Gasteiger partial charge >= 0.3 is 0 Å². The molecule has 0 aliphatic carbocycles. The third-order valence-corrected chi connectivity index (χ3v) is 4.78. The van der Waals surface area contributed by atoms with Crippen LogP contribution in [0.5, 0.6) is 0 Å². The lowest BCUT2D eigenvalue weighted by Crippen LogP contribution is -2.17. The van der Waals surface area contributed by atoms with Crippen LogP contribution in [0, 0.1) is 17.0 Å². The first-order chi connectivity index (χ1) is 13.8. The largest absolute Gasteiger partial charge is 0.383 e. The Kier molecular flexibility index (Phi) is 5.63. The lowest BCUT2D eigenvalue weighted by atomic mass is 10.0. The van der Waals surface area contributed by atoms with E-state index < -0.39 is 0 Å². The average Bonchev–Trinajstić information content (AvgIpc) is 2.68. The van der Waals surface area contributed by atoms with Crippen molar-refractivity contribution in [3.63, 3.8) is 0 Å². The van der Waals surface area contributed by atoms with Gasteiger partial charge in [0.15, 0.2) is 0 Å². The third kappa shape index (κ3) is 4.26. The summed E-state index contributed by atoms with van der Waals surface area (Å²) < 4.78 is 0. The molecule has 0 unspecified atom stereocenters. The van der Waals surface area contributed by atoms with Crippen LogP contribution in [0.3, 0.4) is 0 Å².